The number of benzene rings is 2. The van der Waals surface area contributed by atoms with Gasteiger partial charge >= 0.3 is 0 Å². The summed E-state index contributed by atoms with van der Waals surface area (Å²) in [7, 11) is -3.54. The van der Waals surface area contributed by atoms with E-state index in [4.69, 9.17) is 9.47 Å². The Balaban J connectivity index is 1.57. The van der Waals surface area contributed by atoms with Crippen molar-refractivity contribution >= 4 is 10.0 Å². The minimum atomic E-state index is -3.54. The van der Waals surface area contributed by atoms with Crippen molar-refractivity contribution < 1.29 is 17.9 Å². The van der Waals surface area contributed by atoms with Crippen molar-refractivity contribution in [3.05, 3.63) is 53.6 Å². The van der Waals surface area contributed by atoms with Gasteiger partial charge in [-0.2, -0.15) is 0 Å². The summed E-state index contributed by atoms with van der Waals surface area (Å²) in [5.41, 5.74) is 2.43. The van der Waals surface area contributed by atoms with Gasteiger partial charge in [0, 0.05) is 12.6 Å². The fourth-order valence-electron chi connectivity index (χ4n) is 2.53. The van der Waals surface area contributed by atoms with Crippen molar-refractivity contribution in [3.8, 4) is 11.5 Å². The van der Waals surface area contributed by atoms with E-state index in [-0.39, 0.29) is 4.90 Å². The Morgan fingerprint density at radius 2 is 1.71 bits per heavy atom. The fraction of sp³-hybridized carbons (Fsp3) is 0.333. The van der Waals surface area contributed by atoms with Crippen LogP contribution in [0.2, 0.25) is 0 Å². The van der Waals surface area contributed by atoms with E-state index in [1.807, 2.05) is 6.92 Å². The summed E-state index contributed by atoms with van der Waals surface area (Å²) in [5, 5.41) is 0. The first-order valence-electron chi connectivity index (χ1n) is 7.99. The predicted molar refractivity (Wildman–Crippen MR) is 92.1 cm³/mol. The number of fused-ring (bicyclic) bond motifs is 1. The third-order valence-electron chi connectivity index (χ3n) is 3.88. The van der Waals surface area contributed by atoms with E-state index in [0.717, 1.165) is 12.8 Å². The summed E-state index contributed by atoms with van der Waals surface area (Å²) in [6.45, 7) is 3.35. The largest absolute Gasteiger partial charge is 0.486 e. The van der Waals surface area contributed by atoms with Crippen molar-refractivity contribution in [1.82, 2.24) is 4.72 Å². The number of hydrogen-bond donors (Lipinski definition) is 1. The normalized spacial score (nSPS) is 13.7. The van der Waals surface area contributed by atoms with Gasteiger partial charge in [0.15, 0.2) is 11.5 Å². The van der Waals surface area contributed by atoms with Crippen LogP contribution in [-0.2, 0) is 16.4 Å². The minimum absolute atomic E-state index is 0.196. The van der Waals surface area contributed by atoms with Crippen molar-refractivity contribution in [2.24, 2.45) is 0 Å². The maximum Gasteiger partial charge on any atom is 0.240 e. The molecule has 24 heavy (non-hydrogen) atoms. The first-order chi connectivity index (χ1) is 11.5. The highest BCUT2D eigenvalue weighted by atomic mass is 32.2. The van der Waals surface area contributed by atoms with Crippen LogP contribution in [-0.4, -0.2) is 28.2 Å². The van der Waals surface area contributed by atoms with Gasteiger partial charge in [-0.1, -0.05) is 29.8 Å². The Labute approximate surface area is 142 Å². The molecule has 2 aromatic carbocycles. The summed E-state index contributed by atoms with van der Waals surface area (Å²) in [5.74, 6) is 1.06. The predicted octanol–water partition coefficient (Wildman–Crippen LogP) is 2.68. The number of aryl methyl sites for hydroxylation is 2. The Morgan fingerprint density at radius 1 is 1.00 bits per heavy atom. The van der Waals surface area contributed by atoms with Crippen LogP contribution in [0.15, 0.2) is 47.4 Å². The summed E-state index contributed by atoms with van der Waals surface area (Å²) >= 11 is 0. The molecule has 1 heterocycles. The molecule has 6 heteroatoms. The smallest absolute Gasteiger partial charge is 0.240 e. The van der Waals surface area contributed by atoms with Crippen molar-refractivity contribution in [3.63, 3.8) is 0 Å². The van der Waals surface area contributed by atoms with Gasteiger partial charge in [0.2, 0.25) is 10.0 Å². The Kier molecular flexibility index (Phi) is 5.06. The molecule has 3 rings (SSSR count). The molecule has 1 N–H and O–H groups in total. The lowest BCUT2D eigenvalue weighted by Gasteiger charge is -2.18. The number of sulfonamides is 1. The molecule has 1 aliphatic heterocycles. The third kappa shape index (κ3) is 4.07. The quantitative estimate of drug-likeness (QED) is 0.816. The molecule has 128 valence electrons. The third-order valence-corrected chi connectivity index (χ3v) is 5.34. The summed E-state index contributed by atoms with van der Waals surface area (Å²) in [4.78, 5) is 0.196. The minimum Gasteiger partial charge on any atom is -0.486 e. The molecule has 0 unspecified atom stereocenters. The molecule has 0 saturated carbocycles. The zero-order valence-corrected chi connectivity index (χ0v) is 14.4. The average Bonchev–Trinajstić information content (AvgIpc) is 2.60. The van der Waals surface area contributed by atoms with Gasteiger partial charge in [0.1, 0.15) is 13.2 Å². The van der Waals surface area contributed by atoms with E-state index in [2.05, 4.69) is 29.0 Å². The Morgan fingerprint density at radius 3 is 2.46 bits per heavy atom. The standard InChI is InChI=1S/C18H21NO4S/c1-14-4-6-15(7-5-14)3-2-10-19-24(20,21)16-8-9-17-18(13-16)23-12-11-22-17/h4-9,13,19H,2-3,10-12H2,1H3. The lowest BCUT2D eigenvalue weighted by Crippen LogP contribution is -2.25. The number of nitrogens with one attached hydrogen (secondary N) is 1. The van der Waals surface area contributed by atoms with Crippen LogP contribution in [0.1, 0.15) is 17.5 Å². The van der Waals surface area contributed by atoms with E-state index in [0.29, 0.717) is 31.3 Å². The molecule has 0 saturated heterocycles. The summed E-state index contributed by atoms with van der Waals surface area (Å²) in [6.07, 6.45) is 1.58. The highest BCUT2D eigenvalue weighted by Gasteiger charge is 2.18. The first kappa shape index (κ1) is 16.8. The molecule has 0 fully saturated rings. The van der Waals surface area contributed by atoms with Crippen LogP contribution in [0.4, 0.5) is 0 Å². The average molecular weight is 347 g/mol. The molecular formula is C18H21NO4S. The van der Waals surface area contributed by atoms with Crippen LogP contribution in [0.3, 0.4) is 0 Å². The van der Waals surface area contributed by atoms with Crippen LogP contribution in [0.25, 0.3) is 0 Å². The SMILES string of the molecule is Cc1ccc(CCCNS(=O)(=O)c2ccc3c(c2)OCCO3)cc1. The second-order valence-electron chi connectivity index (χ2n) is 5.79. The summed E-state index contributed by atoms with van der Waals surface area (Å²) in [6, 6.07) is 13.0. The van der Waals surface area contributed by atoms with Gasteiger partial charge < -0.3 is 9.47 Å². The van der Waals surface area contributed by atoms with Crippen molar-refractivity contribution in [2.75, 3.05) is 19.8 Å². The van der Waals surface area contributed by atoms with Crippen LogP contribution >= 0.6 is 0 Å². The van der Waals surface area contributed by atoms with Gasteiger partial charge in [0.05, 0.1) is 4.90 Å². The Hall–Kier alpha value is -2.05. The monoisotopic (exact) mass is 347 g/mol. The van der Waals surface area contributed by atoms with E-state index in [9.17, 15) is 8.42 Å². The Bertz CT molecular complexity index is 800. The lowest BCUT2D eigenvalue weighted by atomic mass is 10.1. The van der Waals surface area contributed by atoms with Gasteiger partial charge in [-0.25, -0.2) is 13.1 Å². The molecule has 2 aromatic rings. The van der Waals surface area contributed by atoms with E-state index in [1.54, 1.807) is 6.07 Å². The zero-order valence-electron chi connectivity index (χ0n) is 13.6. The maximum absolute atomic E-state index is 12.4. The molecule has 0 aromatic heterocycles. The van der Waals surface area contributed by atoms with Crippen molar-refractivity contribution in [2.45, 2.75) is 24.7 Å². The number of rotatable bonds is 6. The second-order valence-corrected chi connectivity index (χ2v) is 7.56. The summed E-state index contributed by atoms with van der Waals surface area (Å²) < 4.78 is 38.2. The second kappa shape index (κ2) is 7.23. The molecule has 0 aliphatic carbocycles. The topological polar surface area (TPSA) is 64.6 Å². The van der Waals surface area contributed by atoms with Gasteiger partial charge in [-0.05, 0) is 37.5 Å². The molecule has 0 radical (unpaired) electrons. The molecule has 5 nitrogen and oxygen atoms in total. The van der Waals surface area contributed by atoms with Crippen LogP contribution in [0, 0.1) is 6.92 Å². The fourth-order valence-corrected chi connectivity index (χ4v) is 3.62. The molecule has 0 amide bonds. The van der Waals surface area contributed by atoms with E-state index in [1.165, 1.54) is 23.3 Å². The van der Waals surface area contributed by atoms with Crippen molar-refractivity contribution in [1.29, 1.82) is 0 Å². The maximum atomic E-state index is 12.4. The zero-order chi connectivity index (χ0) is 17.0. The first-order valence-corrected chi connectivity index (χ1v) is 9.48. The van der Waals surface area contributed by atoms with Gasteiger partial charge in [-0.15, -0.1) is 0 Å². The molecule has 0 bridgehead atoms. The molecule has 1 aliphatic rings. The molecular weight excluding hydrogens is 326 g/mol. The highest BCUT2D eigenvalue weighted by Crippen LogP contribution is 2.32. The molecule has 0 atom stereocenters. The molecule has 0 spiro atoms. The van der Waals surface area contributed by atoms with Gasteiger partial charge in [-0.3, -0.25) is 0 Å². The van der Waals surface area contributed by atoms with Gasteiger partial charge in [0.25, 0.3) is 0 Å². The lowest BCUT2D eigenvalue weighted by molar-refractivity contribution is 0.171. The van der Waals surface area contributed by atoms with Crippen LogP contribution in [0.5, 0.6) is 11.5 Å². The number of hydrogen-bond acceptors (Lipinski definition) is 4. The highest BCUT2D eigenvalue weighted by molar-refractivity contribution is 7.89. The van der Waals surface area contributed by atoms with E-state index < -0.39 is 10.0 Å². The van der Waals surface area contributed by atoms with Crippen LogP contribution < -0.4 is 14.2 Å². The van der Waals surface area contributed by atoms with E-state index >= 15 is 0 Å². The number of ether oxygens (including phenoxy) is 2.